The summed E-state index contributed by atoms with van der Waals surface area (Å²) in [5.74, 6) is 0.419. The second-order valence-electron chi connectivity index (χ2n) is 4.89. The van der Waals surface area contributed by atoms with Crippen molar-refractivity contribution in [3.63, 3.8) is 0 Å². The van der Waals surface area contributed by atoms with Crippen LogP contribution in [-0.2, 0) is 21.4 Å². The Kier molecular flexibility index (Phi) is 4.12. The van der Waals surface area contributed by atoms with Crippen molar-refractivity contribution in [3.05, 3.63) is 41.8 Å². The summed E-state index contributed by atoms with van der Waals surface area (Å²) in [6.07, 6.45) is 3.95. The van der Waals surface area contributed by atoms with Crippen molar-refractivity contribution in [2.75, 3.05) is 6.61 Å². The lowest BCUT2D eigenvalue weighted by Crippen LogP contribution is -2.31. The van der Waals surface area contributed by atoms with Gasteiger partial charge in [0.05, 0.1) is 6.61 Å². The molecule has 2 aromatic rings. The second kappa shape index (κ2) is 5.81. The molecule has 106 valence electrons. The number of hydrogen-bond acceptors (Lipinski definition) is 6. The molecule has 6 heteroatoms. The van der Waals surface area contributed by atoms with Crippen LogP contribution in [0.4, 0.5) is 0 Å². The summed E-state index contributed by atoms with van der Waals surface area (Å²) in [6.45, 7) is 5.49. The maximum atomic E-state index is 11.9. The first-order valence-corrected chi connectivity index (χ1v) is 6.43. The average molecular weight is 275 g/mol. The van der Waals surface area contributed by atoms with Gasteiger partial charge in [-0.25, -0.2) is 0 Å². The molecule has 0 N–H and O–H groups in total. The van der Waals surface area contributed by atoms with Gasteiger partial charge in [-0.15, -0.1) is 0 Å². The number of nitrogens with zero attached hydrogens (tertiary/aromatic N) is 3. The van der Waals surface area contributed by atoms with Crippen LogP contribution in [0.1, 0.15) is 38.0 Å². The number of esters is 1. The second-order valence-corrected chi connectivity index (χ2v) is 4.89. The number of pyridine rings is 1. The van der Waals surface area contributed by atoms with Crippen molar-refractivity contribution in [3.8, 4) is 0 Å². The van der Waals surface area contributed by atoms with Crippen molar-refractivity contribution < 1.29 is 14.1 Å². The summed E-state index contributed by atoms with van der Waals surface area (Å²) in [4.78, 5) is 20.1. The van der Waals surface area contributed by atoms with E-state index in [2.05, 4.69) is 15.1 Å². The minimum Gasteiger partial charge on any atom is -0.465 e. The third-order valence-corrected chi connectivity index (χ3v) is 2.90. The van der Waals surface area contributed by atoms with Crippen molar-refractivity contribution in [1.82, 2.24) is 15.1 Å². The molecule has 0 aliphatic carbocycles. The van der Waals surface area contributed by atoms with E-state index in [1.807, 2.05) is 12.1 Å². The Morgan fingerprint density at radius 3 is 2.70 bits per heavy atom. The number of hydrogen-bond donors (Lipinski definition) is 0. The third-order valence-electron chi connectivity index (χ3n) is 2.90. The molecule has 2 heterocycles. The molecule has 0 aromatic carbocycles. The molecular formula is C14H17N3O3. The summed E-state index contributed by atoms with van der Waals surface area (Å²) in [5.41, 5.74) is 0.0840. The van der Waals surface area contributed by atoms with E-state index in [1.54, 1.807) is 33.2 Å². The number of carbonyl (C=O) groups excluding carboxylic acids is 1. The molecule has 0 bridgehead atoms. The van der Waals surface area contributed by atoms with Gasteiger partial charge in [-0.1, -0.05) is 5.16 Å². The van der Waals surface area contributed by atoms with Crippen LogP contribution in [0.2, 0.25) is 0 Å². The lowest BCUT2D eigenvalue weighted by Gasteiger charge is -2.16. The van der Waals surface area contributed by atoms with Gasteiger partial charge >= 0.3 is 5.97 Å². The van der Waals surface area contributed by atoms with E-state index in [4.69, 9.17) is 9.26 Å². The van der Waals surface area contributed by atoms with Gasteiger partial charge in [0.1, 0.15) is 5.41 Å². The van der Waals surface area contributed by atoms with Gasteiger partial charge in [0.25, 0.3) is 0 Å². The Balaban J connectivity index is 2.14. The van der Waals surface area contributed by atoms with Gasteiger partial charge in [0, 0.05) is 18.8 Å². The van der Waals surface area contributed by atoms with Crippen LogP contribution in [0.3, 0.4) is 0 Å². The monoisotopic (exact) mass is 275 g/mol. The normalized spacial score (nSPS) is 11.3. The first kappa shape index (κ1) is 14.2. The van der Waals surface area contributed by atoms with E-state index >= 15 is 0 Å². The fourth-order valence-electron chi connectivity index (χ4n) is 1.66. The molecular weight excluding hydrogens is 258 g/mol. The lowest BCUT2D eigenvalue weighted by atomic mass is 9.94. The van der Waals surface area contributed by atoms with Crippen LogP contribution in [0.15, 0.2) is 29.0 Å². The van der Waals surface area contributed by atoms with Gasteiger partial charge in [-0.05, 0) is 38.5 Å². The Morgan fingerprint density at radius 1 is 1.35 bits per heavy atom. The fraction of sp³-hybridized carbons (Fsp3) is 0.429. The van der Waals surface area contributed by atoms with E-state index in [-0.39, 0.29) is 11.9 Å². The molecule has 0 amide bonds. The Hall–Kier alpha value is -2.24. The molecule has 0 spiro atoms. The van der Waals surface area contributed by atoms with Crippen LogP contribution < -0.4 is 0 Å². The minimum atomic E-state index is -0.945. The first-order valence-electron chi connectivity index (χ1n) is 6.43. The predicted molar refractivity (Wildman–Crippen MR) is 71.0 cm³/mol. The van der Waals surface area contributed by atoms with Gasteiger partial charge in [-0.3, -0.25) is 9.78 Å². The van der Waals surface area contributed by atoms with Gasteiger partial charge in [0.15, 0.2) is 5.82 Å². The SMILES string of the molecule is CCOC(=O)C(C)(C)c1nc(Cc2ccncc2)no1. The zero-order valence-corrected chi connectivity index (χ0v) is 11.8. The van der Waals surface area contributed by atoms with Crippen molar-refractivity contribution in [1.29, 1.82) is 0 Å². The lowest BCUT2D eigenvalue weighted by molar-refractivity contribution is -0.149. The highest BCUT2D eigenvalue weighted by atomic mass is 16.5. The molecule has 0 aliphatic heterocycles. The van der Waals surface area contributed by atoms with Crippen LogP contribution >= 0.6 is 0 Å². The molecule has 0 aliphatic rings. The van der Waals surface area contributed by atoms with Gasteiger partial charge in [-0.2, -0.15) is 4.98 Å². The molecule has 0 radical (unpaired) electrons. The van der Waals surface area contributed by atoms with Gasteiger partial charge < -0.3 is 9.26 Å². The summed E-state index contributed by atoms with van der Waals surface area (Å²) in [5, 5.41) is 3.91. The summed E-state index contributed by atoms with van der Waals surface area (Å²) >= 11 is 0. The highest BCUT2D eigenvalue weighted by Crippen LogP contribution is 2.23. The molecule has 0 saturated carbocycles. The van der Waals surface area contributed by atoms with E-state index in [1.165, 1.54) is 0 Å². The average Bonchev–Trinajstić information content (AvgIpc) is 2.89. The van der Waals surface area contributed by atoms with Crippen molar-refractivity contribution >= 4 is 5.97 Å². The van der Waals surface area contributed by atoms with E-state index < -0.39 is 5.41 Å². The quantitative estimate of drug-likeness (QED) is 0.775. The maximum Gasteiger partial charge on any atom is 0.321 e. The topological polar surface area (TPSA) is 78.1 Å². The van der Waals surface area contributed by atoms with Gasteiger partial charge in [0.2, 0.25) is 5.89 Å². The Labute approximate surface area is 117 Å². The molecule has 0 saturated heterocycles. The number of rotatable bonds is 5. The summed E-state index contributed by atoms with van der Waals surface area (Å²) in [7, 11) is 0. The zero-order valence-electron chi connectivity index (χ0n) is 11.8. The number of carbonyl (C=O) groups is 1. The third kappa shape index (κ3) is 3.01. The van der Waals surface area contributed by atoms with E-state index in [0.29, 0.717) is 18.9 Å². The fourth-order valence-corrected chi connectivity index (χ4v) is 1.66. The van der Waals surface area contributed by atoms with Crippen molar-refractivity contribution in [2.45, 2.75) is 32.6 Å². The molecule has 6 nitrogen and oxygen atoms in total. The van der Waals surface area contributed by atoms with Crippen LogP contribution in [0, 0.1) is 0 Å². The summed E-state index contributed by atoms with van der Waals surface area (Å²) in [6, 6.07) is 3.76. The van der Waals surface area contributed by atoms with Crippen molar-refractivity contribution in [2.24, 2.45) is 0 Å². The minimum absolute atomic E-state index is 0.264. The highest BCUT2D eigenvalue weighted by molar-refractivity contribution is 5.80. The highest BCUT2D eigenvalue weighted by Gasteiger charge is 2.37. The molecule has 2 rings (SSSR count). The smallest absolute Gasteiger partial charge is 0.321 e. The van der Waals surface area contributed by atoms with E-state index in [0.717, 1.165) is 5.56 Å². The number of ether oxygens (including phenoxy) is 1. The largest absolute Gasteiger partial charge is 0.465 e. The van der Waals surface area contributed by atoms with Crippen LogP contribution in [0.25, 0.3) is 0 Å². The Morgan fingerprint density at radius 2 is 2.05 bits per heavy atom. The first-order chi connectivity index (χ1) is 9.54. The molecule has 20 heavy (non-hydrogen) atoms. The standard InChI is InChI=1S/C14H17N3O3/c1-4-19-13(18)14(2,3)12-16-11(17-20-12)9-10-5-7-15-8-6-10/h5-8H,4,9H2,1-3H3. The maximum absolute atomic E-state index is 11.9. The van der Waals surface area contributed by atoms with Crippen LogP contribution in [0.5, 0.6) is 0 Å². The number of aromatic nitrogens is 3. The molecule has 2 aromatic heterocycles. The predicted octanol–water partition coefficient (Wildman–Crippen LogP) is 1.90. The molecule has 0 fully saturated rings. The van der Waals surface area contributed by atoms with Crippen LogP contribution in [-0.4, -0.2) is 27.7 Å². The van der Waals surface area contributed by atoms with E-state index in [9.17, 15) is 4.79 Å². The Bertz CT molecular complexity index is 578. The molecule has 0 atom stereocenters. The zero-order chi connectivity index (χ0) is 14.6. The summed E-state index contributed by atoms with van der Waals surface area (Å²) < 4.78 is 10.2. The molecule has 0 unspecified atom stereocenters.